The maximum Gasteiger partial charge on any atom is 0.230 e. The van der Waals surface area contributed by atoms with Gasteiger partial charge in [-0.2, -0.15) is 0 Å². The number of imidazole rings is 1. The Morgan fingerprint density at radius 2 is 1.88 bits per heavy atom. The number of nitrogens with zero attached hydrogens (tertiary/aromatic N) is 2. The fourth-order valence-electron chi connectivity index (χ4n) is 2.19. The van der Waals surface area contributed by atoms with Crippen LogP contribution in [-0.4, -0.2) is 23.5 Å². The number of hydrogen-bond acceptors (Lipinski definition) is 4. The average molecular weight is 391 g/mol. The zero-order chi connectivity index (χ0) is 18.4. The minimum atomic E-state index is 0.00577. The highest BCUT2D eigenvalue weighted by Gasteiger charge is 2.10. The van der Waals surface area contributed by atoms with Crippen LogP contribution in [0.2, 0.25) is 10.0 Å². The van der Waals surface area contributed by atoms with E-state index in [-0.39, 0.29) is 6.79 Å². The Kier molecular flexibility index (Phi) is 6.04. The van der Waals surface area contributed by atoms with E-state index < -0.39 is 0 Å². The molecule has 0 aliphatic rings. The van der Waals surface area contributed by atoms with Gasteiger partial charge in [-0.05, 0) is 42.5 Å². The van der Waals surface area contributed by atoms with E-state index in [9.17, 15) is 0 Å². The van der Waals surface area contributed by atoms with Gasteiger partial charge in [-0.15, -0.1) is 0 Å². The van der Waals surface area contributed by atoms with Crippen molar-refractivity contribution in [3.8, 4) is 11.5 Å². The third-order valence-electron chi connectivity index (χ3n) is 3.49. The van der Waals surface area contributed by atoms with Crippen LogP contribution in [0.1, 0.15) is 5.56 Å². The monoisotopic (exact) mass is 390 g/mol. The first kappa shape index (κ1) is 18.2. The molecule has 3 rings (SSSR count). The Balaban J connectivity index is 1.75. The van der Waals surface area contributed by atoms with Crippen LogP contribution in [0.5, 0.6) is 11.5 Å². The lowest BCUT2D eigenvalue weighted by Crippen LogP contribution is -2.04. The molecule has 1 aromatic heterocycles. The smallest absolute Gasteiger partial charge is 0.230 e. The van der Waals surface area contributed by atoms with Crippen LogP contribution in [0.15, 0.2) is 61.2 Å². The second kappa shape index (κ2) is 8.65. The molecule has 2 aromatic carbocycles. The number of rotatable bonds is 7. The SMILES string of the molecule is COc1ccc(OCOC(=Cn2ccnc2)c2ccc(Cl)cc2Cl)cc1. The first-order chi connectivity index (χ1) is 12.7. The maximum absolute atomic E-state index is 6.31. The van der Waals surface area contributed by atoms with Gasteiger partial charge >= 0.3 is 0 Å². The van der Waals surface area contributed by atoms with E-state index in [0.29, 0.717) is 27.1 Å². The number of aromatic nitrogens is 2. The van der Waals surface area contributed by atoms with Crippen molar-refractivity contribution in [2.75, 3.05) is 13.9 Å². The Bertz CT molecular complexity index is 878. The van der Waals surface area contributed by atoms with Crippen LogP contribution < -0.4 is 9.47 Å². The van der Waals surface area contributed by atoms with E-state index in [4.69, 9.17) is 37.4 Å². The molecule has 0 spiro atoms. The zero-order valence-electron chi connectivity index (χ0n) is 13.9. The normalized spacial score (nSPS) is 11.3. The largest absolute Gasteiger partial charge is 0.497 e. The molecule has 0 fully saturated rings. The van der Waals surface area contributed by atoms with Crippen molar-refractivity contribution < 1.29 is 14.2 Å². The summed E-state index contributed by atoms with van der Waals surface area (Å²) in [6.07, 6.45) is 6.87. The molecule has 0 aliphatic carbocycles. The topological polar surface area (TPSA) is 45.5 Å². The van der Waals surface area contributed by atoms with Crippen molar-refractivity contribution in [3.63, 3.8) is 0 Å². The zero-order valence-corrected chi connectivity index (χ0v) is 15.4. The molecule has 0 saturated carbocycles. The first-order valence-corrected chi connectivity index (χ1v) is 8.45. The molecular formula is C19H16Cl2N2O3. The fraction of sp³-hybridized carbons (Fsp3) is 0.105. The average Bonchev–Trinajstić information content (AvgIpc) is 3.15. The van der Waals surface area contributed by atoms with Gasteiger partial charge in [0.25, 0.3) is 0 Å². The van der Waals surface area contributed by atoms with Crippen LogP contribution >= 0.6 is 23.2 Å². The van der Waals surface area contributed by atoms with E-state index >= 15 is 0 Å². The van der Waals surface area contributed by atoms with Crippen molar-refractivity contribution in [2.24, 2.45) is 0 Å². The van der Waals surface area contributed by atoms with Crippen LogP contribution in [0.4, 0.5) is 0 Å². The van der Waals surface area contributed by atoms with E-state index in [1.54, 1.807) is 66.9 Å². The third kappa shape index (κ3) is 4.71. The van der Waals surface area contributed by atoms with Gasteiger partial charge in [-0.3, -0.25) is 0 Å². The standard InChI is InChI=1S/C19H16Cl2N2O3/c1-24-15-3-5-16(6-4-15)25-13-26-19(11-23-9-8-22-12-23)17-7-2-14(20)10-18(17)21/h2-12H,13H2,1H3. The fourth-order valence-corrected chi connectivity index (χ4v) is 2.69. The van der Waals surface area contributed by atoms with Crippen molar-refractivity contribution in [2.45, 2.75) is 0 Å². The van der Waals surface area contributed by atoms with E-state index in [2.05, 4.69) is 4.98 Å². The third-order valence-corrected chi connectivity index (χ3v) is 4.04. The Labute approximate surface area is 161 Å². The molecule has 0 saturated heterocycles. The molecule has 134 valence electrons. The maximum atomic E-state index is 6.31. The van der Waals surface area contributed by atoms with Crippen LogP contribution in [0.25, 0.3) is 12.0 Å². The Hall–Kier alpha value is -2.63. The number of hydrogen-bond donors (Lipinski definition) is 0. The predicted octanol–water partition coefficient (Wildman–Crippen LogP) is 5.21. The summed E-state index contributed by atoms with van der Waals surface area (Å²) in [4.78, 5) is 4.02. The van der Waals surface area contributed by atoms with Crippen molar-refractivity contribution in [3.05, 3.63) is 76.8 Å². The minimum Gasteiger partial charge on any atom is -0.497 e. The summed E-state index contributed by atoms with van der Waals surface area (Å²) in [6.45, 7) is 0.00577. The quantitative estimate of drug-likeness (QED) is 0.410. The Morgan fingerprint density at radius 1 is 1.12 bits per heavy atom. The molecule has 0 atom stereocenters. The summed E-state index contributed by atoms with van der Waals surface area (Å²) in [7, 11) is 1.61. The second-order valence-corrected chi connectivity index (χ2v) is 6.05. The van der Waals surface area contributed by atoms with E-state index in [0.717, 1.165) is 5.75 Å². The highest BCUT2D eigenvalue weighted by molar-refractivity contribution is 6.35. The molecule has 0 aliphatic heterocycles. The van der Waals surface area contributed by atoms with E-state index in [1.165, 1.54) is 0 Å². The first-order valence-electron chi connectivity index (χ1n) is 7.70. The molecule has 1 heterocycles. The van der Waals surface area contributed by atoms with Crippen LogP contribution in [-0.2, 0) is 4.74 Å². The lowest BCUT2D eigenvalue weighted by Gasteiger charge is -2.14. The number of ether oxygens (including phenoxy) is 3. The van der Waals surface area contributed by atoms with E-state index in [1.807, 2.05) is 12.1 Å². The molecule has 0 N–H and O–H groups in total. The second-order valence-electron chi connectivity index (χ2n) is 5.21. The lowest BCUT2D eigenvalue weighted by atomic mass is 10.2. The summed E-state index contributed by atoms with van der Waals surface area (Å²) in [6, 6.07) is 12.4. The molecule has 0 amide bonds. The summed E-state index contributed by atoms with van der Waals surface area (Å²) in [5, 5.41) is 1.03. The molecule has 5 nitrogen and oxygen atoms in total. The molecular weight excluding hydrogens is 375 g/mol. The van der Waals surface area contributed by atoms with Crippen molar-refractivity contribution >= 4 is 35.2 Å². The highest BCUT2D eigenvalue weighted by Crippen LogP contribution is 2.28. The molecule has 3 aromatic rings. The van der Waals surface area contributed by atoms with Crippen molar-refractivity contribution in [1.82, 2.24) is 9.55 Å². The number of halogens is 2. The van der Waals surface area contributed by atoms with Crippen LogP contribution in [0.3, 0.4) is 0 Å². The molecule has 0 unspecified atom stereocenters. The lowest BCUT2D eigenvalue weighted by molar-refractivity contribution is 0.0959. The highest BCUT2D eigenvalue weighted by atomic mass is 35.5. The summed E-state index contributed by atoms with van der Waals surface area (Å²) in [5.74, 6) is 1.94. The van der Waals surface area contributed by atoms with Gasteiger partial charge in [-0.1, -0.05) is 23.2 Å². The van der Waals surface area contributed by atoms with Gasteiger partial charge in [0, 0.05) is 23.0 Å². The number of benzene rings is 2. The Morgan fingerprint density at radius 3 is 2.54 bits per heavy atom. The van der Waals surface area contributed by atoms with Crippen molar-refractivity contribution in [1.29, 1.82) is 0 Å². The molecule has 7 heteroatoms. The van der Waals surface area contributed by atoms with Gasteiger partial charge < -0.3 is 18.8 Å². The van der Waals surface area contributed by atoms with Crippen LogP contribution in [0, 0.1) is 0 Å². The van der Waals surface area contributed by atoms with Gasteiger partial charge in [0.05, 0.1) is 24.7 Å². The number of methoxy groups -OCH3 is 1. The molecule has 26 heavy (non-hydrogen) atoms. The predicted molar refractivity (Wildman–Crippen MR) is 102 cm³/mol. The summed E-state index contributed by atoms with van der Waals surface area (Å²) < 4.78 is 18.3. The van der Waals surface area contributed by atoms with Gasteiger partial charge in [0.1, 0.15) is 17.3 Å². The summed E-state index contributed by atoms with van der Waals surface area (Å²) >= 11 is 12.3. The van der Waals surface area contributed by atoms with Gasteiger partial charge in [0.15, 0.2) is 0 Å². The summed E-state index contributed by atoms with van der Waals surface area (Å²) in [5.41, 5.74) is 0.697. The molecule has 0 radical (unpaired) electrons. The van der Waals surface area contributed by atoms with Gasteiger partial charge in [0.2, 0.25) is 6.79 Å². The van der Waals surface area contributed by atoms with Gasteiger partial charge in [-0.25, -0.2) is 4.98 Å². The molecule has 0 bridgehead atoms. The minimum absolute atomic E-state index is 0.00577.